The first-order valence-corrected chi connectivity index (χ1v) is 8.39. The summed E-state index contributed by atoms with van der Waals surface area (Å²) >= 11 is 0. The molecule has 0 heterocycles. The molecule has 20 heavy (non-hydrogen) atoms. The van der Waals surface area contributed by atoms with E-state index in [1.165, 1.54) is 32.1 Å². The van der Waals surface area contributed by atoms with Crippen molar-refractivity contribution in [3.63, 3.8) is 0 Å². The number of rotatable bonds is 8. The molecule has 0 aliphatic carbocycles. The molecule has 2 nitrogen and oxygen atoms in total. The van der Waals surface area contributed by atoms with Crippen molar-refractivity contribution < 1.29 is 10.2 Å². The lowest BCUT2D eigenvalue weighted by molar-refractivity contribution is -0.281. The zero-order valence-electron chi connectivity index (χ0n) is 14.9. The van der Waals surface area contributed by atoms with Crippen molar-refractivity contribution in [2.24, 2.45) is 16.7 Å². The van der Waals surface area contributed by atoms with Crippen molar-refractivity contribution >= 4 is 0 Å². The fraction of sp³-hybridized carbons (Fsp3) is 1.00. The molecule has 0 saturated heterocycles. The first-order valence-electron chi connectivity index (χ1n) is 8.39. The van der Waals surface area contributed by atoms with Crippen LogP contribution >= 0.6 is 0 Å². The molecule has 2 N–H and O–H groups in total. The molecule has 1 unspecified atom stereocenters. The minimum Gasteiger partial charge on any atom is -0.365 e. The Morgan fingerprint density at radius 3 is 1.60 bits per heavy atom. The quantitative estimate of drug-likeness (QED) is 0.480. The standard InChI is InChI=1S/C18H38O2/c1-8-9-10-11-12-13-14-15(16(2,3)4)18(19,20)17(5,6)7/h15,19-20H,8-14H2,1-7H3. The highest BCUT2D eigenvalue weighted by molar-refractivity contribution is 4.92. The summed E-state index contributed by atoms with van der Waals surface area (Å²) < 4.78 is 0. The highest BCUT2D eigenvalue weighted by Gasteiger charge is 2.49. The molecule has 0 aromatic rings. The number of unbranched alkanes of at least 4 members (excludes halogenated alkanes) is 5. The Labute approximate surface area is 127 Å². The summed E-state index contributed by atoms with van der Waals surface area (Å²) in [5.74, 6) is -1.71. The molecule has 0 aromatic heterocycles. The van der Waals surface area contributed by atoms with Crippen LogP contribution in [-0.4, -0.2) is 16.0 Å². The van der Waals surface area contributed by atoms with E-state index >= 15 is 0 Å². The maximum absolute atomic E-state index is 10.6. The molecule has 122 valence electrons. The Bertz CT molecular complexity index is 256. The summed E-state index contributed by atoms with van der Waals surface area (Å²) in [5.41, 5.74) is -0.618. The average molecular weight is 286 g/mol. The van der Waals surface area contributed by atoms with Crippen LogP contribution in [0.3, 0.4) is 0 Å². The van der Waals surface area contributed by atoms with Gasteiger partial charge >= 0.3 is 0 Å². The predicted octanol–water partition coefficient (Wildman–Crippen LogP) is 5.13. The third-order valence-electron chi connectivity index (χ3n) is 4.48. The minimum atomic E-state index is -1.62. The van der Waals surface area contributed by atoms with Gasteiger partial charge in [0.2, 0.25) is 0 Å². The largest absolute Gasteiger partial charge is 0.365 e. The molecule has 0 amide bonds. The number of aliphatic hydroxyl groups is 2. The normalized spacial score (nSPS) is 15.4. The van der Waals surface area contributed by atoms with Gasteiger partial charge in [-0.1, -0.05) is 87.0 Å². The third-order valence-corrected chi connectivity index (χ3v) is 4.48. The van der Waals surface area contributed by atoms with Gasteiger partial charge in [0.05, 0.1) is 0 Å². The topological polar surface area (TPSA) is 40.5 Å². The van der Waals surface area contributed by atoms with Gasteiger partial charge in [-0.3, -0.25) is 0 Å². The van der Waals surface area contributed by atoms with Crippen LogP contribution in [0.1, 0.15) is 93.4 Å². The lowest BCUT2D eigenvalue weighted by Crippen LogP contribution is -2.53. The second-order valence-corrected chi connectivity index (χ2v) is 8.45. The molecular weight excluding hydrogens is 248 g/mol. The van der Waals surface area contributed by atoms with Gasteiger partial charge < -0.3 is 10.2 Å². The van der Waals surface area contributed by atoms with Gasteiger partial charge in [-0.25, -0.2) is 0 Å². The lowest BCUT2D eigenvalue weighted by Gasteiger charge is -2.47. The van der Waals surface area contributed by atoms with Crippen LogP contribution in [0.25, 0.3) is 0 Å². The van der Waals surface area contributed by atoms with E-state index in [2.05, 4.69) is 27.7 Å². The molecule has 0 saturated carbocycles. The third kappa shape index (κ3) is 6.13. The van der Waals surface area contributed by atoms with Crippen molar-refractivity contribution in [1.29, 1.82) is 0 Å². The van der Waals surface area contributed by atoms with Crippen molar-refractivity contribution in [2.45, 2.75) is 99.2 Å². The van der Waals surface area contributed by atoms with E-state index in [0.29, 0.717) is 0 Å². The predicted molar refractivity (Wildman–Crippen MR) is 87.6 cm³/mol. The Balaban J connectivity index is 4.54. The zero-order chi connectivity index (χ0) is 16.0. The minimum absolute atomic E-state index is 0.0961. The molecule has 2 heteroatoms. The SMILES string of the molecule is CCCCCCCCC(C(C)(C)C)C(O)(O)C(C)(C)C. The first kappa shape index (κ1) is 19.9. The van der Waals surface area contributed by atoms with Gasteiger partial charge in [-0.05, 0) is 11.8 Å². The second-order valence-electron chi connectivity index (χ2n) is 8.45. The van der Waals surface area contributed by atoms with Crippen LogP contribution < -0.4 is 0 Å². The molecule has 0 radical (unpaired) electrons. The Hall–Kier alpha value is -0.0800. The van der Waals surface area contributed by atoms with Gasteiger partial charge in [-0.15, -0.1) is 0 Å². The maximum atomic E-state index is 10.6. The number of hydrogen-bond acceptors (Lipinski definition) is 2. The summed E-state index contributed by atoms with van der Waals surface area (Å²) in [6.45, 7) is 14.3. The van der Waals surface area contributed by atoms with Gasteiger partial charge in [-0.2, -0.15) is 0 Å². The Morgan fingerprint density at radius 1 is 0.750 bits per heavy atom. The molecule has 0 fully saturated rings. The van der Waals surface area contributed by atoms with E-state index in [-0.39, 0.29) is 11.3 Å². The van der Waals surface area contributed by atoms with Gasteiger partial charge in [0.25, 0.3) is 0 Å². The molecule has 0 aliphatic rings. The van der Waals surface area contributed by atoms with Crippen molar-refractivity contribution in [3.8, 4) is 0 Å². The van der Waals surface area contributed by atoms with E-state index in [9.17, 15) is 10.2 Å². The van der Waals surface area contributed by atoms with Crippen molar-refractivity contribution in [3.05, 3.63) is 0 Å². The average Bonchev–Trinajstić information content (AvgIpc) is 2.24. The molecule has 1 atom stereocenters. The first-order chi connectivity index (χ1) is 8.94. The van der Waals surface area contributed by atoms with E-state index in [0.717, 1.165) is 12.8 Å². The number of hydrogen-bond donors (Lipinski definition) is 2. The van der Waals surface area contributed by atoms with Crippen LogP contribution in [0.5, 0.6) is 0 Å². The Kier molecular flexibility index (Phi) is 7.76. The van der Waals surface area contributed by atoms with E-state index < -0.39 is 11.2 Å². The van der Waals surface area contributed by atoms with Gasteiger partial charge in [0.1, 0.15) is 0 Å². The van der Waals surface area contributed by atoms with Crippen LogP contribution in [-0.2, 0) is 0 Å². The highest BCUT2D eigenvalue weighted by atomic mass is 16.5. The summed E-state index contributed by atoms with van der Waals surface area (Å²) in [7, 11) is 0. The monoisotopic (exact) mass is 286 g/mol. The smallest absolute Gasteiger partial charge is 0.170 e. The van der Waals surface area contributed by atoms with Crippen LogP contribution in [0.15, 0.2) is 0 Å². The molecule has 0 spiro atoms. The fourth-order valence-electron chi connectivity index (χ4n) is 2.89. The highest BCUT2D eigenvalue weighted by Crippen LogP contribution is 2.45. The summed E-state index contributed by atoms with van der Waals surface area (Å²) in [6.07, 6.45) is 8.33. The molecule has 0 rings (SSSR count). The Morgan fingerprint density at radius 2 is 1.20 bits per heavy atom. The van der Waals surface area contributed by atoms with Gasteiger partial charge in [0.15, 0.2) is 5.79 Å². The summed E-state index contributed by atoms with van der Waals surface area (Å²) in [4.78, 5) is 0. The fourth-order valence-corrected chi connectivity index (χ4v) is 2.89. The van der Waals surface area contributed by atoms with E-state index in [1.807, 2.05) is 20.8 Å². The molecule has 0 aliphatic heterocycles. The molecule has 0 bridgehead atoms. The zero-order valence-corrected chi connectivity index (χ0v) is 14.9. The lowest BCUT2D eigenvalue weighted by atomic mass is 9.65. The van der Waals surface area contributed by atoms with E-state index in [4.69, 9.17) is 0 Å². The van der Waals surface area contributed by atoms with Crippen molar-refractivity contribution in [1.82, 2.24) is 0 Å². The van der Waals surface area contributed by atoms with E-state index in [1.54, 1.807) is 0 Å². The summed E-state index contributed by atoms with van der Waals surface area (Å²) in [5, 5.41) is 21.3. The molecular formula is C18H38O2. The summed E-state index contributed by atoms with van der Waals surface area (Å²) in [6, 6.07) is 0. The second kappa shape index (κ2) is 7.79. The van der Waals surface area contributed by atoms with Crippen LogP contribution in [0.4, 0.5) is 0 Å². The van der Waals surface area contributed by atoms with Crippen LogP contribution in [0, 0.1) is 16.7 Å². The van der Waals surface area contributed by atoms with Crippen molar-refractivity contribution in [2.75, 3.05) is 0 Å². The maximum Gasteiger partial charge on any atom is 0.170 e. The van der Waals surface area contributed by atoms with Crippen LogP contribution in [0.2, 0.25) is 0 Å². The molecule has 0 aromatic carbocycles. The van der Waals surface area contributed by atoms with Gasteiger partial charge in [0, 0.05) is 11.3 Å².